The van der Waals surface area contributed by atoms with Crippen molar-refractivity contribution in [1.82, 2.24) is 5.32 Å². The molecule has 0 atom stereocenters. The maximum absolute atomic E-state index is 11.6. The van der Waals surface area contributed by atoms with Gasteiger partial charge >= 0.3 is 12.2 Å². The molecule has 0 unspecified atom stereocenters. The third kappa shape index (κ3) is 5.51. The third-order valence-electron chi connectivity index (χ3n) is 2.51. The molecule has 0 fully saturated rings. The van der Waals surface area contributed by atoms with Gasteiger partial charge in [0.2, 0.25) is 0 Å². The molecule has 0 spiro atoms. The number of nitrogens with zero attached hydrogens (tertiary/aromatic N) is 1. The molecule has 0 bridgehead atoms. The number of anilines is 1. The maximum atomic E-state index is 11.6. The van der Waals surface area contributed by atoms with Gasteiger partial charge in [0.1, 0.15) is 5.60 Å². The van der Waals surface area contributed by atoms with Crippen molar-refractivity contribution in [2.45, 2.75) is 32.9 Å². The van der Waals surface area contributed by atoms with E-state index < -0.39 is 17.8 Å². The monoisotopic (exact) mass is 314 g/mol. The number of hydrogen-bond acceptors (Lipinski definition) is 3. The Bertz CT molecular complexity index is 540. The minimum atomic E-state index is -1.10. The highest BCUT2D eigenvalue weighted by atomic mass is 35.5. The number of ether oxygens (including phenoxy) is 1. The summed E-state index contributed by atoms with van der Waals surface area (Å²) in [6.07, 6.45) is -1.68. The fourth-order valence-corrected chi connectivity index (χ4v) is 1.80. The van der Waals surface area contributed by atoms with Gasteiger partial charge in [-0.3, -0.25) is 4.90 Å². The summed E-state index contributed by atoms with van der Waals surface area (Å²) in [5.41, 5.74) is 0.431. The highest BCUT2D eigenvalue weighted by Crippen LogP contribution is 2.23. The lowest BCUT2D eigenvalue weighted by Gasteiger charge is -2.21. The van der Waals surface area contributed by atoms with Crippen molar-refractivity contribution in [3.63, 3.8) is 0 Å². The summed E-state index contributed by atoms with van der Waals surface area (Å²) in [7, 11) is 1.42. The quantitative estimate of drug-likeness (QED) is 0.895. The Labute approximate surface area is 128 Å². The Morgan fingerprint density at radius 1 is 1.38 bits per heavy atom. The Morgan fingerprint density at radius 2 is 2.00 bits per heavy atom. The fraction of sp³-hybridized carbons (Fsp3) is 0.429. The molecule has 116 valence electrons. The first-order valence-corrected chi connectivity index (χ1v) is 6.70. The summed E-state index contributed by atoms with van der Waals surface area (Å²) in [5.74, 6) is 0. The lowest BCUT2D eigenvalue weighted by Crippen LogP contribution is -2.33. The minimum absolute atomic E-state index is 0.114. The van der Waals surface area contributed by atoms with Crippen molar-refractivity contribution in [2.75, 3.05) is 11.9 Å². The number of rotatable bonds is 3. The predicted octanol–water partition coefficient (Wildman–Crippen LogP) is 3.48. The van der Waals surface area contributed by atoms with Crippen LogP contribution in [0.3, 0.4) is 0 Å². The molecule has 2 amide bonds. The first-order chi connectivity index (χ1) is 9.60. The average Bonchev–Trinajstić information content (AvgIpc) is 2.33. The van der Waals surface area contributed by atoms with Crippen LogP contribution < -0.4 is 10.2 Å². The second-order valence-corrected chi connectivity index (χ2v) is 5.91. The summed E-state index contributed by atoms with van der Waals surface area (Å²) in [4.78, 5) is 23.7. The van der Waals surface area contributed by atoms with Crippen LogP contribution in [0.15, 0.2) is 18.2 Å². The smallest absolute Gasteiger partial charge is 0.411 e. The van der Waals surface area contributed by atoms with Gasteiger partial charge < -0.3 is 15.2 Å². The van der Waals surface area contributed by atoms with E-state index in [1.807, 2.05) is 0 Å². The largest absolute Gasteiger partial charge is 0.465 e. The zero-order valence-corrected chi connectivity index (χ0v) is 13.2. The molecule has 1 aromatic rings. The molecule has 6 nitrogen and oxygen atoms in total. The summed E-state index contributed by atoms with van der Waals surface area (Å²) >= 11 is 5.91. The molecule has 0 aliphatic rings. The van der Waals surface area contributed by atoms with Gasteiger partial charge in [-0.05, 0) is 44.5 Å². The van der Waals surface area contributed by atoms with E-state index in [1.165, 1.54) is 7.05 Å². The van der Waals surface area contributed by atoms with Crippen LogP contribution in [0.5, 0.6) is 0 Å². The van der Waals surface area contributed by atoms with Crippen LogP contribution >= 0.6 is 11.6 Å². The molecule has 2 N–H and O–H groups in total. The highest BCUT2D eigenvalue weighted by molar-refractivity contribution is 6.30. The van der Waals surface area contributed by atoms with Crippen LogP contribution in [-0.2, 0) is 11.3 Å². The number of halogens is 1. The zero-order valence-electron chi connectivity index (χ0n) is 12.4. The molecule has 0 saturated carbocycles. The number of nitrogens with one attached hydrogen (secondary N) is 1. The SMILES string of the molecule is CN(C(=O)O)c1ccc(Cl)cc1CNC(=O)OC(C)(C)C. The lowest BCUT2D eigenvalue weighted by atomic mass is 10.1. The van der Waals surface area contributed by atoms with Gasteiger partial charge in [0.25, 0.3) is 0 Å². The van der Waals surface area contributed by atoms with Crippen LogP contribution in [0.25, 0.3) is 0 Å². The van der Waals surface area contributed by atoms with Crippen molar-refractivity contribution in [2.24, 2.45) is 0 Å². The molecule has 7 heteroatoms. The predicted molar refractivity (Wildman–Crippen MR) is 81.0 cm³/mol. The summed E-state index contributed by atoms with van der Waals surface area (Å²) < 4.78 is 5.12. The first kappa shape index (κ1) is 17.1. The van der Waals surface area contributed by atoms with E-state index in [-0.39, 0.29) is 6.54 Å². The Balaban J connectivity index is 2.85. The fourth-order valence-electron chi connectivity index (χ4n) is 1.61. The molecule has 21 heavy (non-hydrogen) atoms. The zero-order chi connectivity index (χ0) is 16.2. The van der Waals surface area contributed by atoms with E-state index in [4.69, 9.17) is 21.4 Å². The van der Waals surface area contributed by atoms with E-state index in [9.17, 15) is 9.59 Å². The van der Waals surface area contributed by atoms with Crippen molar-refractivity contribution < 1.29 is 19.4 Å². The van der Waals surface area contributed by atoms with E-state index in [1.54, 1.807) is 39.0 Å². The van der Waals surface area contributed by atoms with Gasteiger partial charge in [-0.25, -0.2) is 9.59 Å². The number of benzene rings is 1. The van der Waals surface area contributed by atoms with Gasteiger partial charge in [0, 0.05) is 18.6 Å². The number of carboxylic acid groups (broad SMARTS) is 1. The third-order valence-corrected chi connectivity index (χ3v) is 2.75. The second kappa shape index (κ2) is 6.67. The van der Waals surface area contributed by atoms with Crippen molar-refractivity contribution in [1.29, 1.82) is 0 Å². The van der Waals surface area contributed by atoms with Crippen LogP contribution in [0, 0.1) is 0 Å². The topological polar surface area (TPSA) is 78.9 Å². The molecule has 0 aliphatic carbocycles. The lowest BCUT2D eigenvalue weighted by molar-refractivity contribution is 0.0523. The molecule has 1 aromatic carbocycles. The molecular weight excluding hydrogens is 296 g/mol. The van der Waals surface area contributed by atoms with Crippen molar-refractivity contribution in [3.05, 3.63) is 28.8 Å². The van der Waals surface area contributed by atoms with Gasteiger partial charge in [-0.2, -0.15) is 0 Å². The molecule has 1 rings (SSSR count). The molecule has 0 aromatic heterocycles. The van der Waals surface area contributed by atoms with E-state index >= 15 is 0 Å². The standard InChI is InChI=1S/C14H19ClN2O4/c1-14(2,3)21-12(18)16-8-9-7-10(15)5-6-11(9)17(4)13(19)20/h5-7H,8H2,1-4H3,(H,16,18)(H,19,20). The summed E-state index contributed by atoms with van der Waals surface area (Å²) in [6, 6.07) is 4.78. The highest BCUT2D eigenvalue weighted by Gasteiger charge is 2.18. The Morgan fingerprint density at radius 3 is 2.52 bits per heavy atom. The number of carbonyl (C=O) groups is 2. The molecule has 0 heterocycles. The number of amides is 2. The van der Waals surface area contributed by atoms with Crippen LogP contribution in [0.4, 0.5) is 15.3 Å². The average molecular weight is 315 g/mol. The molecular formula is C14H19ClN2O4. The summed E-state index contributed by atoms with van der Waals surface area (Å²) in [6.45, 7) is 5.39. The Kier molecular flexibility index (Phi) is 5.43. The van der Waals surface area contributed by atoms with E-state index in [0.29, 0.717) is 16.3 Å². The van der Waals surface area contributed by atoms with Crippen molar-refractivity contribution in [3.8, 4) is 0 Å². The minimum Gasteiger partial charge on any atom is -0.465 e. The van der Waals surface area contributed by atoms with Crippen molar-refractivity contribution >= 4 is 29.5 Å². The van der Waals surface area contributed by atoms with Crippen LogP contribution in [-0.4, -0.2) is 29.9 Å². The molecule has 0 aliphatic heterocycles. The van der Waals surface area contributed by atoms with Gasteiger partial charge in [-0.1, -0.05) is 11.6 Å². The van der Waals surface area contributed by atoms with Gasteiger partial charge in [-0.15, -0.1) is 0 Å². The van der Waals surface area contributed by atoms with E-state index in [2.05, 4.69) is 5.32 Å². The van der Waals surface area contributed by atoms with Gasteiger partial charge in [0.05, 0.1) is 5.69 Å². The van der Waals surface area contributed by atoms with E-state index in [0.717, 1.165) is 4.90 Å². The number of alkyl carbamates (subject to hydrolysis) is 1. The summed E-state index contributed by atoms with van der Waals surface area (Å²) in [5, 5.41) is 12.1. The first-order valence-electron chi connectivity index (χ1n) is 6.32. The Hall–Kier alpha value is -1.95. The molecule has 0 radical (unpaired) electrons. The van der Waals surface area contributed by atoms with Crippen LogP contribution in [0.2, 0.25) is 5.02 Å². The number of carbonyl (C=O) groups excluding carboxylic acids is 1. The second-order valence-electron chi connectivity index (χ2n) is 5.47. The number of hydrogen-bond donors (Lipinski definition) is 2. The normalized spacial score (nSPS) is 10.9. The van der Waals surface area contributed by atoms with Gasteiger partial charge in [0.15, 0.2) is 0 Å². The molecule has 0 saturated heterocycles. The maximum Gasteiger partial charge on any atom is 0.411 e. The van der Waals surface area contributed by atoms with Crippen LogP contribution in [0.1, 0.15) is 26.3 Å².